The molecule has 0 aliphatic carbocycles. The summed E-state index contributed by atoms with van der Waals surface area (Å²) in [5.74, 6) is 0.0769. The van der Waals surface area contributed by atoms with E-state index in [9.17, 15) is 4.79 Å². The van der Waals surface area contributed by atoms with E-state index >= 15 is 0 Å². The van der Waals surface area contributed by atoms with Crippen LogP contribution in [0.2, 0.25) is 0 Å². The van der Waals surface area contributed by atoms with E-state index < -0.39 is 0 Å². The Morgan fingerprint density at radius 3 is 2.58 bits per heavy atom. The first-order valence-corrected chi connectivity index (χ1v) is 8.91. The number of carbonyl (C=O) groups is 1. The Hall–Kier alpha value is -2.00. The van der Waals surface area contributed by atoms with E-state index in [1.165, 1.54) is 11.3 Å². The van der Waals surface area contributed by atoms with E-state index in [4.69, 9.17) is 4.63 Å². The Morgan fingerprint density at radius 2 is 1.96 bits per heavy atom. The number of amides is 1. The van der Waals surface area contributed by atoms with Crippen LogP contribution in [0.5, 0.6) is 0 Å². The van der Waals surface area contributed by atoms with Crippen LogP contribution in [0.4, 0.5) is 5.13 Å². The number of piperazine rings is 1. The van der Waals surface area contributed by atoms with Gasteiger partial charge in [-0.1, -0.05) is 21.7 Å². The van der Waals surface area contributed by atoms with Gasteiger partial charge in [0.25, 0.3) is 5.91 Å². The molecule has 0 unspecified atom stereocenters. The predicted octanol–water partition coefficient (Wildman–Crippen LogP) is 1.53. The summed E-state index contributed by atoms with van der Waals surface area (Å²) in [4.78, 5) is 22.0. The Kier molecular flexibility index (Phi) is 5.10. The van der Waals surface area contributed by atoms with Gasteiger partial charge in [0.1, 0.15) is 16.3 Å². The van der Waals surface area contributed by atoms with E-state index in [0.29, 0.717) is 19.6 Å². The monoisotopic (exact) mass is 350 g/mol. The molecule has 1 aliphatic heterocycles. The maximum atomic E-state index is 12.7. The number of nitrogens with one attached hydrogen (secondary N) is 1. The van der Waals surface area contributed by atoms with Crippen LogP contribution in [0.25, 0.3) is 0 Å². The Bertz CT molecular complexity index is 705. The molecule has 1 saturated heterocycles. The lowest BCUT2D eigenvalue weighted by Crippen LogP contribution is -2.48. The van der Waals surface area contributed by atoms with Gasteiger partial charge in [0, 0.05) is 39.3 Å². The molecule has 1 N–H and O–H groups in total. The number of hydrogen-bond acceptors (Lipinski definition) is 8. The molecule has 0 aromatic carbocycles. The molecule has 1 amide bonds. The van der Waals surface area contributed by atoms with Crippen molar-refractivity contribution in [3.8, 4) is 0 Å². The molecule has 3 rings (SSSR count). The molecule has 0 saturated carbocycles. The molecular weight excluding hydrogens is 328 g/mol. The van der Waals surface area contributed by atoms with Gasteiger partial charge in [-0.15, -0.1) is 0 Å². The fourth-order valence-electron chi connectivity index (χ4n) is 2.68. The van der Waals surface area contributed by atoms with Crippen LogP contribution in [-0.4, -0.2) is 63.7 Å². The van der Waals surface area contributed by atoms with Crippen molar-refractivity contribution in [1.82, 2.24) is 25.1 Å². The van der Waals surface area contributed by atoms with Crippen LogP contribution in [-0.2, 0) is 6.54 Å². The average Bonchev–Trinajstić information content (AvgIpc) is 3.14. The van der Waals surface area contributed by atoms with E-state index in [-0.39, 0.29) is 5.91 Å². The van der Waals surface area contributed by atoms with Crippen molar-refractivity contribution in [3.05, 3.63) is 22.0 Å². The van der Waals surface area contributed by atoms with Gasteiger partial charge in [-0.3, -0.25) is 9.69 Å². The van der Waals surface area contributed by atoms with Crippen molar-refractivity contribution in [3.63, 3.8) is 0 Å². The number of carbonyl (C=O) groups excluding carboxylic acids is 1. The number of aryl methyl sites for hydroxylation is 2. The predicted molar refractivity (Wildman–Crippen MR) is 91.2 cm³/mol. The lowest BCUT2D eigenvalue weighted by atomic mass is 10.2. The Labute approximate surface area is 144 Å². The number of rotatable bonds is 5. The average molecular weight is 350 g/mol. The number of hydrogen-bond donors (Lipinski definition) is 1. The van der Waals surface area contributed by atoms with E-state index in [0.717, 1.165) is 46.7 Å². The lowest BCUT2D eigenvalue weighted by Gasteiger charge is -2.34. The first-order chi connectivity index (χ1) is 11.6. The standard InChI is InChI=1S/C15H22N6O2S/c1-4-16-15-17-11(3)13(24-15)14(22)21-7-5-20(6-8-21)9-12-10(2)18-23-19-12/h4-9H2,1-3H3,(H,16,17). The minimum atomic E-state index is 0.0769. The zero-order chi connectivity index (χ0) is 17.1. The van der Waals surface area contributed by atoms with Crippen LogP contribution in [0.15, 0.2) is 4.63 Å². The minimum Gasteiger partial charge on any atom is -0.362 e. The second-order valence-corrected chi connectivity index (χ2v) is 6.83. The van der Waals surface area contributed by atoms with Crippen molar-refractivity contribution in [2.75, 3.05) is 38.0 Å². The quantitative estimate of drug-likeness (QED) is 0.875. The molecule has 9 heteroatoms. The van der Waals surface area contributed by atoms with Crippen molar-refractivity contribution < 1.29 is 9.42 Å². The molecule has 8 nitrogen and oxygen atoms in total. The summed E-state index contributed by atoms with van der Waals surface area (Å²) in [5, 5.41) is 11.7. The number of anilines is 1. The highest BCUT2D eigenvalue weighted by molar-refractivity contribution is 7.17. The van der Waals surface area contributed by atoms with Crippen LogP contribution in [0.3, 0.4) is 0 Å². The van der Waals surface area contributed by atoms with E-state index in [2.05, 4.69) is 25.5 Å². The molecular formula is C15H22N6O2S. The fraction of sp³-hybridized carbons (Fsp3) is 0.600. The first-order valence-electron chi connectivity index (χ1n) is 8.09. The number of nitrogens with zero attached hydrogens (tertiary/aromatic N) is 5. The third kappa shape index (κ3) is 3.57. The zero-order valence-electron chi connectivity index (χ0n) is 14.2. The van der Waals surface area contributed by atoms with E-state index in [1.54, 1.807) is 0 Å². The molecule has 1 aliphatic rings. The molecule has 2 aromatic heterocycles. The van der Waals surface area contributed by atoms with Gasteiger partial charge in [-0.05, 0) is 20.8 Å². The maximum Gasteiger partial charge on any atom is 0.266 e. The number of aromatic nitrogens is 3. The fourth-order valence-corrected chi connectivity index (χ4v) is 3.68. The second kappa shape index (κ2) is 7.27. The molecule has 0 radical (unpaired) electrons. The second-order valence-electron chi connectivity index (χ2n) is 5.83. The van der Waals surface area contributed by atoms with Gasteiger partial charge in [-0.25, -0.2) is 9.61 Å². The van der Waals surface area contributed by atoms with Crippen LogP contribution >= 0.6 is 11.3 Å². The topological polar surface area (TPSA) is 87.4 Å². The SMILES string of the molecule is CCNc1nc(C)c(C(=O)N2CCN(Cc3nonc3C)CC2)s1. The molecule has 0 bridgehead atoms. The van der Waals surface area contributed by atoms with Crippen LogP contribution in [0.1, 0.15) is 33.7 Å². The largest absolute Gasteiger partial charge is 0.362 e. The molecule has 3 heterocycles. The highest BCUT2D eigenvalue weighted by Gasteiger charge is 2.26. The maximum absolute atomic E-state index is 12.7. The normalized spacial score (nSPS) is 15.7. The highest BCUT2D eigenvalue weighted by Crippen LogP contribution is 2.24. The molecule has 0 spiro atoms. The van der Waals surface area contributed by atoms with Gasteiger partial charge >= 0.3 is 0 Å². The minimum absolute atomic E-state index is 0.0769. The summed E-state index contributed by atoms with van der Waals surface area (Å²) >= 11 is 1.43. The molecule has 24 heavy (non-hydrogen) atoms. The molecule has 130 valence electrons. The Morgan fingerprint density at radius 1 is 1.21 bits per heavy atom. The van der Waals surface area contributed by atoms with Gasteiger partial charge in [0.15, 0.2) is 5.13 Å². The third-order valence-corrected chi connectivity index (χ3v) is 5.20. The van der Waals surface area contributed by atoms with Crippen molar-refractivity contribution in [1.29, 1.82) is 0 Å². The van der Waals surface area contributed by atoms with Gasteiger partial charge in [0.05, 0.1) is 5.69 Å². The molecule has 1 fully saturated rings. The Balaban J connectivity index is 1.58. The van der Waals surface area contributed by atoms with Crippen molar-refractivity contribution in [2.45, 2.75) is 27.3 Å². The third-order valence-electron chi connectivity index (χ3n) is 4.10. The van der Waals surface area contributed by atoms with Gasteiger partial charge < -0.3 is 10.2 Å². The van der Waals surface area contributed by atoms with Crippen molar-refractivity contribution in [2.24, 2.45) is 0 Å². The van der Waals surface area contributed by atoms with Crippen LogP contribution < -0.4 is 5.32 Å². The van der Waals surface area contributed by atoms with Crippen LogP contribution in [0, 0.1) is 13.8 Å². The lowest BCUT2D eigenvalue weighted by molar-refractivity contribution is 0.0629. The summed E-state index contributed by atoms with van der Waals surface area (Å²) in [6, 6.07) is 0. The van der Waals surface area contributed by atoms with Gasteiger partial charge in [0.2, 0.25) is 0 Å². The summed E-state index contributed by atoms with van der Waals surface area (Å²) in [7, 11) is 0. The summed E-state index contributed by atoms with van der Waals surface area (Å²) < 4.78 is 4.74. The zero-order valence-corrected chi connectivity index (χ0v) is 15.0. The summed E-state index contributed by atoms with van der Waals surface area (Å²) in [6.45, 7) is 10.3. The van der Waals surface area contributed by atoms with Crippen molar-refractivity contribution >= 4 is 22.4 Å². The summed E-state index contributed by atoms with van der Waals surface area (Å²) in [5.41, 5.74) is 2.49. The molecule has 0 atom stereocenters. The first kappa shape index (κ1) is 16.8. The van der Waals surface area contributed by atoms with Gasteiger partial charge in [-0.2, -0.15) is 0 Å². The van der Waals surface area contributed by atoms with E-state index in [1.807, 2.05) is 25.7 Å². The smallest absolute Gasteiger partial charge is 0.266 e. The molecule has 2 aromatic rings. The highest BCUT2D eigenvalue weighted by atomic mass is 32.1. The summed E-state index contributed by atoms with van der Waals surface area (Å²) in [6.07, 6.45) is 0. The number of thiazole rings is 1.